The number of benzene rings is 1. The van der Waals surface area contributed by atoms with E-state index in [1.54, 1.807) is 6.07 Å². The second-order valence-corrected chi connectivity index (χ2v) is 5.27. The molecule has 0 unspecified atom stereocenters. The Hall–Kier alpha value is -1.55. The Kier molecular flexibility index (Phi) is 9.29. The molecule has 1 aromatic rings. The summed E-state index contributed by atoms with van der Waals surface area (Å²) in [6.45, 7) is 3.75. The Bertz CT molecular complexity index is 407. The third-order valence-corrected chi connectivity index (χ3v) is 3.30. The maximum absolute atomic E-state index is 10.5. The van der Waals surface area contributed by atoms with E-state index >= 15 is 0 Å². The van der Waals surface area contributed by atoms with E-state index in [2.05, 4.69) is 12.2 Å². The number of aliphatic carboxylic acids is 1. The molecule has 0 fully saturated rings. The van der Waals surface area contributed by atoms with Crippen molar-refractivity contribution in [2.45, 2.75) is 52.0 Å². The van der Waals surface area contributed by atoms with Crippen LogP contribution in [0.5, 0.6) is 5.75 Å². The quantitative estimate of drug-likeness (QED) is 0.578. The fourth-order valence-corrected chi connectivity index (χ4v) is 2.15. The lowest BCUT2D eigenvalue weighted by molar-refractivity contribution is -0.139. The van der Waals surface area contributed by atoms with Crippen LogP contribution in [0.25, 0.3) is 0 Å². The normalized spacial score (nSPS) is 10.5. The molecule has 1 rings (SSSR count). The van der Waals surface area contributed by atoms with Gasteiger partial charge >= 0.3 is 5.97 Å². The lowest BCUT2D eigenvalue weighted by Gasteiger charge is -2.07. The average Bonchev–Trinajstić information content (AvgIpc) is 2.48. The van der Waals surface area contributed by atoms with Crippen molar-refractivity contribution in [1.82, 2.24) is 5.32 Å². The Morgan fingerprint density at radius 3 is 2.71 bits per heavy atom. The van der Waals surface area contributed by atoms with Crippen molar-refractivity contribution in [3.05, 3.63) is 29.8 Å². The number of ether oxygens (including phenoxy) is 1. The van der Waals surface area contributed by atoms with Crippen LogP contribution in [0.4, 0.5) is 0 Å². The topological polar surface area (TPSA) is 58.6 Å². The minimum Gasteiger partial charge on any atom is -0.482 e. The van der Waals surface area contributed by atoms with Gasteiger partial charge in [0.1, 0.15) is 5.75 Å². The van der Waals surface area contributed by atoms with E-state index in [-0.39, 0.29) is 6.61 Å². The van der Waals surface area contributed by atoms with E-state index in [0.29, 0.717) is 5.75 Å². The maximum atomic E-state index is 10.5. The number of carboxylic acid groups (broad SMARTS) is 1. The van der Waals surface area contributed by atoms with Crippen molar-refractivity contribution in [1.29, 1.82) is 0 Å². The number of unbranched alkanes of at least 4 members (excludes halogenated alkanes) is 5. The Balaban J connectivity index is 2.14. The molecule has 4 nitrogen and oxygen atoms in total. The predicted octanol–water partition coefficient (Wildman–Crippen LogP) is 3.60. The monoisotopic (exact) mass is 293 g/mol. The summed E-state index contributed by atoms with van der Waals surface area (Å²) in [6, 6.07) is 7.57. The smallest absolute Gasteiger partial charge is 0.341 e. The molecule has 0 radical (unpaired) electrons. The first kappa shape index (κ1) is 17.5. The molecule has 4 heteroatoms. The van der Waals surface area contributed by atoms with E-state index in [1.165, 1.54) is 38.5 Å². The van der Waals surface area contributed by atoms with Crippen LogP contribution in [0.15, 0.2) is 24.3 Å². The SMILES string of the molecule is CCCCCCCCNCc1cccc(OCC(=O)O)c1. The van der Waals surface area contributed by atoms with E-state index < -0.39 is 5.97 Å². The Morgan fingerprint density at radius 2 is 1.95 bits per heavy atom. The van der Waals surface area contributed by atoms with Crippen LogP contribution in [0.2, 0.25) is 0 Å². The predicted molar refractivity (Wildman–Crippen MR) is 84.7 cm³/mol. The van der Waals surface area contributed by atoms with Gasteiger partial charge in [0.2, 0.25) is 0 Å². The molecule has 0 aliphatic rings. The molecule has 1 aromatic carbocycles. The Morgan fingerprint density at radius 1 is 1.19 bits per heavy atom. The summed E-state index contributed by atoms with van der Waals surface area (Å²) in [7, 11) is 0. The maximum Gasteiger partial charge on any atom is 0.341 e. The first-order valence-corrected chi connectivity index (χ1v) is 7.86. The van der Waals surface area contributed by atoms with Crippen LogP contribution in [-0.2, 0) is 11.3 Å². The molecular formula is C17H27NO3. The van der Waals surface area contributed by atoms with Crippen LogP contribution in [0.1, 0.15) is 51.0 Å². The van der Waals surface area contributed by atoms with Crippen LogP contribution in [0.3, 0.4) is 0 Å². The number of carbonyl (C=O) groups is 1. The molecular weight excluding hydrogens is 266 g/mol. The second kappa shape index (κ2) is 11.1. The fraction of sp³-hybridized carbons (Fsp3) is 0.588. The van der Waals surface area contributed by atoms with E-state index in [9.17, 15) is 4.79 Å². The highest BCUT2D eigenvalue weighted by atomic mass is 16.5. The zero-order valence-electron chi connectivity index (χ0n) is 12.9. The molecule has 118 valence electrons. The Labute approximate surface area is 127 Å². The van der Waals surface area contributed by atoms with Crippen molar-refractivity contribution in [2.75, 3.05) is 13.2 Å². The number of carboxylic acids is 1. The molecule has 0 atom stereocenters. The van der Waals surface area contributed by atoms with Crippen molar-refractivity contribution >= 4 is 5.97 Å². The molecule has 0 amide bonds. The fourth-order valence-electron chi connectivity index (χ4n) is 2.15. The molecule has 0 saturated heterocycles. The summed E-state index contributed by atoms with van der Waals surface area (Å²) in [4.78, 5) is 10.5. The van der Waals surface area contributed by atoms with Gasteiger partial charge in [-0.2, -0.15) is 0 Å². The first-order valence-electron chi connectivity index (χ1n) is 7.86. The summed E-state index contributed by atoms with van der Waals surface area (Å²) in [5.74, 6) is -0.349. The summed E-state index contributed by atoms with van der Waals surface area (Å²) in [6.07, 6.45) is 7.80. The standard InChI is InChI=1S/C17H27NO3/c1-2-3-4-5-6-7-11-18-13-15-9-8-10-16(12-15)21-14-17(19)20/h8-10,12,18H,2-7,11,13-14H2,1H3,(H,19,20). The minimum atomic E-state index is -0.957. The summed E-state index contributed by atoms with van der Waals surface area (Å²) in [5.41, 5.74) is 1.11. The van der Waals surface area contributed by atoms with Gasteiger partial charge < -0.3 is 15.2 Å². The van der Waals surface area contributed by atoms with Gasteiger partial charge in [-0.05, 0) is 30.7 Å². The highest BCUT2D eigenvalue weighted by molar-refractivity contribution is 5.68. The van der Waals surface area contributed by atoms with Crippen molar-refractivity contribution in [3.8, 4) is 5.75 Å². The molecule has 2 N–H and O–H groups in total. The number of hydrogen-bond acceptors (Lipinski definition) is 3. The number of rotatable bonds is 12. The van der Waals surface area contributed by atoms with Crippen LogP contribution < -0.4 is 10.1 Å². The highest BCUT2D eigenvalue weighted by Crippen LogP contribution is 2.13. The molecule has 0 aliphatic heterocycles. The van der Waals surface area contributed by atoms with Crippen LogP contribution >= 0.6 is 0 Å². The van der Waals surface area contributed by atoms with Crippen LogP contribution in [-0.4, -0.2) is 24.2 Å². The van der Waals surface area contributed by atoms with Crippen molar-refractivity contribution < 1.29 is 14.6 Å². The number of nitrogens with one attached hydrogen (secondary N) is 1. The highest BCUT2D eigenvalue weighted by Gasteiger charge is 2.00. The van der Waals surface area contributed by atoms with E-state index in [0.717, 1.165) is 18.7 Å². The minimum absolute atomic E-state index is 0.297. The van der Waals surface area contributed by atoms with Gasteiger partial charge in [-0.3, -0.25) is 0 Å². The zero-order valence-corrected chi connectivity index (χ0v) is 12.9. The van der Waals surface area contributed by atoms with Crippen molar-refractivity contribution in [2.24, 2.45) is 0 Å². The van der Waals surface area contributed by atoms with E-state index in [4.69, 9.17) is 9.84 Å². The second-order valence-electron chi connectivity index (χ2n) is 5.27. The molecule has 0 spiro atoms. The zero-order chi connectivity index (χ0) is 15.3. The van der Waals surface area contributed by atoms with Gasteiger partial charge in [0.05, 0.1) is 0 Å². The van der Waals surface area contributed by atoms with Gasteiger partial charge in [-0.1, -0.05) is 51.2 Å². The first-order chi connectivity index (χ1) is 10.2. The molecule has 0 aliphatic carbocycles. The molecule has 0 heterocycles. The van der Waals surface area contributed by atoms with Crippen molar-refractivity contribution in [3.63, 3.8) is 0 Å². The molecule has 0 aromatic heterocycles. The summed E-state index contributed by atoms with van der Waals surface area (Å²) in [5, 5.41) is 12.0. The van der Waals surface area contributed by atoms with E-state index in [1.807, 2.05) is 18.2 Å². The van der Waals surface area contributed by atoms with Gasteiger partial charge in [0.15, 0.2) is 6.61 Å². The third kappa shape index (κ3) is 9.08. The summed E-state index contributed by atoms with van der Waals surface area (Å²) < 4.78 is 5.16. The number of hydrogen-bond donors (Lipinski definition) is 2. The molecule has 0 saturated carbocycles. The van der Waals surface area contributed by atoms with Gasteiger partial charge in [-0.25, -0.2) is 4.79 Å². The molecule has 0 bridgehead atoms. The molecule has 21 heavy (non-hydrogen) atoms. The van der Waals surface area contributed by atoms with Gasteiger partial charge in [0.25, 0.3) is 0 Å². The summed E-state index contributed by atoms with van der Waals surface area (Å²) >= 11 is 0. The third-order valence-electron chi connectivity index (χ3n) is 3.30. The largest absolute Gasteiger partial charge is 0.482 e. The van der Waals surface area contributed by atoms with Crippen LogP contribution in [0, 0.1) is 0 Å². The lowest BCUT2D eigenvalue weighted by Crippen LogP contribution is -2.15. The van der Waals surface area contributed by atoms with Gasteiger partial charge in [0, 0.05) is 6.54 Å². The average molecular weight is 293 g/mol. The lowest BCUT2D eigenvalue weighted by atomic mass is 10.1. The van der Waals surface area contributed by atoms with Gasteiger partial charge in [-0.15, -0.1) is 0 Å².